The van der Waals surface area contributed by atoms with Gasteiger partial charge in [0.25, 0.3) is 6.71 Å². The number of hydrogen-bond acceptors (Lipinski definition) is 11. The Labute approximate surface area is 764 Å². The van der Waals surface area contributed by atoms with E-state index in [1.807, 2.05) is 182 Å². The molecule has 0 fully saturated rings. The van der Waals surface area contributed by atoms with E-state index in [0.717, 1.165) is 184 Å². The fourth-order valence-electron chi connectivity index (χ4n) is 18.7. The van der Waals surface area contributed by atoms with Crippen molar-refractivity contribution in [3.05, 3.63) is 477 Å². The number of benzene rings is 18. The summed E-state index contributed by atoms with van der Waals surface area (Å²) >= 11 is 0. The van der Waals surface area contributed by atoms with Gasteiger partial charge in [0.1, 0.15) is 13.2 Å². The van der Waals surface area contributed by atoms with Crippen molar-refractivity contribution in [1.82, 2.24) is 29.5 Å². The first-order chi connectivity index (χ1) is 65.2. The summed E-state index contributed by atoms with van der Waals surface area (Å²) in [5.74, 6) is 1.07. The average Bonchev–Trinajstić information content (AvgIpc) is 1.00. The van der Waals surface area contributed by atoms with Gasteiger partial charge in [-0.2, -0.15) is 0 Å². The molecule has 13 heteroatoms. The number of hydrogen-bond donors (Lipinski definition) is 0. The predicted octanol–water partition coefficient (Wildman–Crippen LogP) is 26.9. The maximum absolute atomic E-state index is 15.2. The lowest BCUT2D eigenvalue weighted by atomic mass is 9.33. The van der Waals surface area contributed by atoms with Crippen LogP contribution in [0.1, 0.15) is 31.8 Å². The number of esters is 2. The van der Waals surface area contributed by atoms with E-state index in [0.29, 0.717) is 40.0 Å². The molecule has 12 nitrogen and oxygen atoms in total. The van der Waals surface area contributed by atoms with Gasteiger partial charge in [0.2, 0.25) is 0 Å². The largest absolute Gasteiger partial charge is 0.457 e. The topological polar surface area (TPSA) is 128 Å². The van der Waals surface area contributed by atoms with E-state index in [-0.39, 0.29) is 13.2 Å². The third kappa shape index (κ3) is 15.2. The zero-order chi connectivity index (χ0) is 88.0. The van der Waals surface area contributed by atoms with E-state index in [9.17, 15) is 0 Å². The Kier molecular flexibility index (Phi) is 20.6. The molecular formula is C119H79BN8O4. The molecule has 0 spiro atoms. The molecule has 23 rings (SSSR count). The first kappa shape index (κ1) is 79.1. The van der Waals surface area contributed by atoms with Crippen LogP contribution in [0.25, 0.3) is 151 Å². The molecule has 0 N–H and O–H groups in total. The molecule has 0 saturated heterocycles. The SMILES string of the molecule is O=C(OCc1ccccc1)c1ccc2c(c1)N(c1cc(-c3ccccc3)cc(-c3ccccc3)c1)c1cc(-c3ccc4c(c3)c3ccccc3n4-c3ccc(-c4nc(-c5ccccc5)cc(-c5ccccc5)n4)cc3-c3nc(-c4ccccc4)nc(-c4ccccc4)n3)cc3c1B2c1ccc(C(=O)OCc2ccccc2)cc1N3c1cc(-c2ccccc2)cc(-c2ccccc2)c1. The molecule has 0 saturated carbocycles. The first-order valence-corrected chi connectivity index (χ1v) is 44.3. The number of rotatable bonds is 20. The minimum absolute atomic E-state index is 0.0754. The van der Waals surface area contributed by atoms with Crippen LogP contribution in [0.4, 0.5) is 34.1 Å². The first-order valence-electron chi connectivity index (χ1n) is 44.3. The zero-order valence-electron chi connectivity index (χ0n) is 71.5. The lowest BCUT2D eigenvalue weighted by molar-refractivity contribution is 0.0464. The van der Waals surface area contributed by atoms with Crippen LogP contribution in [-0.4, -0.2) is 48.1 Å². The van der Waals surface area contributed by atoms with E-state index < -0.39 is 18.7 Å². The second kappa shape index (κ2) is 34.3. The summed E-state index contributed by atoms with van der Waals surface area (Å²) in [6.45, 7) is -0.358. The number of aromatic nitrogens is 6. The van der Waals surface area contributed by atoms with E-state index in [2.05, 4.69) is 287 Å². The van der Waals surface area contributed by atoms with Crippen LogP contribution in [0, 0.1) is 0 Å². The van der Waals surface area contributed by atoms with Gasteiger partial charge in [-0.3, -0.25) is 0 Å². The maximum atomic E-state index is 15.2. The van der Waals surface area contributed by atoms with Crippen LogP contribution in [-0.2, 0) is 22.7 Å². The third-order valence-corrected chi connectivity index (χ3v) is 25.1. The van der Waals surface area contributed by atoms with Crippen molar-refractivity contribution in [3.8, 4) is 129 Å². The van der Waals surface area contributed by atoms with Gasteiger partial charge in [-0.05, 0) is 198 Å². The second-order valence-corrected chi connectivity index (χ2v) is 33.3. The Morgan fingerprint density at radius 2 is 0.598 bits per heavy atom. The smallest absolute Gasteiger partial charge is 0.338 e. The Hall–Kier alpha value is -17.5. The highest BCUT2D eigenvalue weighted by molar-refractivity contribution is 7.00. The lowest BCUT2D eigenvalue weighted by Crippen LogP contribution is -2.61. The van der Waals surface area contributed by atoms with Crippen LogP contribution in [0.5, 0.6) is 0 Å². The molecule has 18 aromatic carbocycles. The molecule has 0 amide bonds. The summed E-state index contributed by atoms with van der Waals surface area (Å²) in [6, 6.07) is 157. The van der Waals surface area contributed by atoms with Gasteiger partial charge in [0.05, 0.1) is 39.2 Å². The minimum Gasteiger partial charge on any atom is -0.457 e. The quantitative estimate of drug-likeness (QED) is 0.0534. The van der Waals surface area contributed by atoms with Gasteiger partial charge in [0.15, 0.2) is 23.3 Å². The maximum Gasteiger partial charge on any atom is 0.338 e. The molecular weight excluding hydrogens is 1620 g/mol. The number of nitrogens with zero attached hydrogens (tertiary/aromatic N) is 8. The number of para-hydroxylation sites is 1. The fraction of sp³-hybridized carbons (Fsp3) is 0.0168. The summed E-state index contributed by atoms with van der Waals surface area (Å²) < 4.78 is 15.0. The monoisotopic (exact) mass is 1690 g/mol. The van der Waals surface area contributed by atoms with Crippen LogP contribution < -0.4 is 26.2 Å². The molecule has 2 aliphatic rings. The second-order valence-electron chi connectivity index (χ2n) is 33.3. The number of ether oxygens (including phenoxy) is 2. The fourth-order valence-corrected chi connectivity index (χ4v) is 18.7. The summed E-state index contributed by atoms with van der Waals surface area (Å²) in [4.78, 5) is 62.3. The lowest BCUT2D eigenvalue weighted by Gasteiger charge is -2.45. The normalized spacial score (nSPS) is 11.9. The summed E-state index contributed by atoms with van der Waals surface area (Å²) in [7, 11) is 0. The van der Waals surface area contributed by atoms with Gasteiger partial charge in [0, 0.05) is 78.3 Å². The summed E-state index contributed by atoms with van der Waals surface area (Å²) in [6.07, 6.45) is 0. The van der Waals surface area contributed by atoms with Gasteiger partial charge < -0.3 is 23.8 Å². The summed E-state index contributed by atoms with van der Waals surface area (Å²) in [5, 5.41) is 1.98. The molecule has 5 heterocycles. The van der Waals surface area contributed by atoms with Crippen molar-refractivity contribution in [2.45, 2.75) is 13.2 Å². The number of carbonyl (C=O) groups is 2. The van der Waals surface area contributed by atoms with Crippen molar-refractivity contribution in [2.75, 3.05) is 9.80 Å². The standard InChI is InChI=1S/C119H79BN8O4/c129-118(131-76-78-33-11-1-12-34-78)90-55-59-102-109(71-90)126(97-65-92(80-37-15-3-16-38-80)63-93(66-97)81-39-17-4-18-40-81)111-73-96(74-112-113(111)120(102)103-60-56-91(119(130)132-77-79-35-13-2-14-36-79)72-110(103)127(112)98-67-94(82-41-19-5-20-42-82)64-95(68-98)83-43-21-6-22-44-83)88-57-61-107-100(69-88)99-53-31-32-54-106(99)128(107)108-62-58-89(116-121-104(84-45-23-7-24-46-84)75-105(122-116)85-47-25-8-26-48-85)70-101(108)117-124-114(86-49-27-9-28-50-86)123-115(125-117)87-51-29-10-30-52-87/h1-75H,76-77H2. The van der Waals surface area contributed by atoms with E-state index in [4.69, 9.17) is 34.4 Å². The Morgan fingerprint density at radius 1 is 0.242 bits per heavy atom. The highest BCUT2D eigenvalue weighted by Gasteiger charge is 2.45. The van der Waals surface area contributed by atoms with Crippen molar-refractivity contribution in [2.24, 2.45) is 0 Å². The molecule has 3 aromatic heterocycles. The van der Waals surface area contributed by atoms with Gasteiger partial charge in [-0.25, -0.2) is 34.5 Å². The van der Waals surface area contributed by atoms with Gasteiger partial charge in [-0.15, -0.1) is 0 Å². The van der Waals surface area contributed by atoms with Crippen molar-refractivity contribution >= 4 is 91.0 Å². The molecule has 0 unspecified atom stereocenters. The highest BCUT2D eigenvalue weighted by Crippen LogP contribution is 2.51. The molecule has 622 valence electrons. The average molecular weight is 1700 g/mol. The van der Waals surface area contributed by atoms with E-state index >= 15 is 9.59 Å². The Morgan fingerprint density at radius 3 is 1.03 bits per heavy atom. The molecule has 132 heavy (non-hydrogen) atoms. The Bertz CT molecular complexity index is 7490. The molecule has 2 aliphatic heterocycles. The predicted molar refractivity (Wildman–Crippen MR) is 535 cm³/mol. The van der Waals surface area contributed by atoms with E-state index in [1.54, 1.807) is 0 Å². The van der Waals surface area contributed by atoms with Crippen LogP contribution in [0.3, 0.4) is 0 Å². The number of anilines is 6. The van der Waals surface area contributed by atoms with Gasteiger partial charge in [-0.1, -0.05) is 340 Å². The third-order valence-electron chi connectivity index (χ3n) is 25.1. The molecule has 0 radical (unpaired) electrons. The van der Waals surface area contributed by atoms with Gasteiger partial charge >= 0.3 is 11.9 Å². The zero-order valence-corrected chi connectivity index (χ0v) is 71.5. The summed E-state index contributed by atoms with van der Waals surface area (Å²) in [5.41, 5.74) is 29.5. The molecule has 0 aliphatic carbocycles. The van der Waals surface area contributed by atoms with Crippen LogP contribution in [0.15, 0.2) is 455 Å². The molecule has 0 bridgehead atoms. The van der Waals surface area contributed by atoms with Crippen LogP contribution in [0.2, 0.25) is 0 Å². The number of fused-ring (bicyclic) bond motifs is 7. The van der Waals surface area contributed by atoms with Crippen molar-refractivity contribution < 1.29 is 19.1 Å². The highest BCUT2D eigenvalue weighted by atomic mass is 16.5. The molecule has 21 aromatic rings. The van der Waals surface area contributed by atoms with Crippen LogP contribution >= 0.6 is 0 Å². The van der Waals surface area contributed by atoms with Crippen molar-refractivity contribution in [3.63, 3.8) is 0 Å². The molecule has 0 atom stereocenters. The Balaban J connectivity index is 0.791. The van der Waals surface area contributed by atoms with Crippen molar-refractivity contribution in [1.29, 1.82) is 0 Å². The number of carbonyl (C=O) groups excluding carboxylic acids is 2. The van der Waals surface area contributed by atoms with E-state index in [1.165, 1.54) is 0 Å². The minimum atomic E-state index is -0.509.